The Morgan fingerprint density at radius 3 is 2.36 bits per heavy atom. The number of likely N-dealkylation sites (tertiary alicyclic amines) is 1. The number of carbonyl (C=O) groups excluding carboxylic acids is 3. The third-order valence-corrected chi connectivity index (χ3v) is 7.05. The molecule has 0 saturated carbocycles. The Morgan fingerprint density at radius 1 is 1.00 bits per heavy atom. The molecule has 1 saturated heterocycles. The first-order valence-electron chi connectivity index (χ1n) is 15.0. The van der Waals surface area contributed by atoms with Crippen LogP contribution in [0, 0.1) is 5.92 Å². The average molecular weight is 614 g/mol. The molecule has 1 fully saturated rings. The lowest BCUT2D eigenvalue weighted by Gasteiger charge is -2.31. The summed E-state index contributed by atoms with van der Waals surface area (Å²) in [6.07, 6.45) is -1.05. The molecule has 1 heterocycles. The van der Waals surface area contributed by atoms with Crippen molar-refractivity contribution < 1.29 is 38.1 Å². The zero-order valence-corrected chi connectivity index (χ0v) is 27.0. The van der Waals surface area contributed by atoms with Gasteiger partial charge in [-0.3, -0.25) is 4.79 Å². The van der Waals surface area contributed by atoms with Crippen LogP contribution in [-0.2, 0) is 20.8 Å². The van der Waals surface area contributed by atoms with Crippen LogP contribution in [0.15, 0.2) is 48.5 Å². The molecule has 242 valence electrons. The predicted octanol–water partition coefficient (Wildman–Crippen LogP) is 5.12. The summed E-state index contributed by atoms with van der Waals surface area (Å²) in [6.45, 7) is 11.2. The summed E-state index contributed by atoms with van der Waals surface area (Å²) in [7, 11) is 3.18. The minimum absolute atomic E-state index is 0.153. The van der Waals surface area contributed by atoms with Gasteiger partial charge < -0.3 is 38.8 Å². The Bertz CT molecular complexity index is 1230. The van der Waals surface area contributed by atoms with Crippen molar-refractivity contribution in [2.24, 2.45) is 5.92 Å². The van der Waals surface area contributed by atoms with Crippen molar-refractivity contribution in [2.45, 2.75) is 65.3 Å². The molecule has 2 unspecified atom stereocenters. The van der Waals surface area contributed by atoms with Crippen LogP contribution in [0.2, 0.25) is 0 Å². The van der Waals surface area contributed by atoms with Gasteiger partial charge >= 0.3 is 12.2 Å². The first kappa shape index (κ1) is 34.5. The highest BCUT2D eigenvalue weighted by molar-refractivity contribution is 5.95. The quantitative estimate of drug-likeness (QED) is 0.310. The first-order valence-corrected chi connectivity index (χ1v) is 15.0. The smallest absolute Gasteiger partial charge is 0.410 e. The van der Waals surface area contributed by atoms with Gasteiger partial charge in [0.15, 0.2) is 11.5 Å². The molecule has 1 N–H and O–H groups in total. The maximum atomic E-state index is 13.9. The fraction of sp³-hybridized carbons (Fsp3) is 0.545. The number of carbonyl (C=O) groups is 3. The van der Waals surface area contributed by atoms with Crippen LogP contribution >= 0.6 is 0 Å². The fourth-order valence-electron chi connectivity index (χ4n) is 4.83. The molecule has 2 aromatic carbocycles. The maximum Gasteiger partial charge on any atom is 0.410 e. The van der Waals surface area contributed by atoms with E-state index in [1.807, 2.05) is 44.2 Å². The van der Waals surface area contributed by atoms with Crippen LogP contribution in [0.5, 0.6) is 11.5 Å². The lowest BCUT2D eigenvalue weighted by molar-refractivity contribution is 0.0258. The number of hydrogen-bond acceptors (Lipinski definition) is 8. The molecule has 0 radical (unpaired) electrons. The normalized spacial score (nSPS) is 16.4. The summed E-state index contributed by atoms with van der Waals surface area (Å²) < 4.78 is 27.9. The molecule has 0 bridgehead atoms. The third-order valence-electron chi connectivity index (χ3n) is 7.05. The molecule has 11 nitrogen and oxygen atoms in total. The van der Waals surface area contributed by atoms with Crippen molar-refractivity contribution in [1.82, 2.24) is 15.1 Å². The van der Waals surface area contributed by atoms with Gasteiger partial charge in [-0.1, -0.05) is 30.3 Å². The number of hydrogen-bond donors (Lipinski definition) is 1. The second kappa shape index (κ2) is 16.2. The van der Waals surface area contributed by atoms with Gasteiger partial charge in [0.1, 0.15) is 11.7 Å². The molecule has 11 heteroatoms. The summed E-state index contributed by atoms with van der Waals surface area (Å²) in [4.78, 5) is 43.0. The minimum atomic E-state index is -0.684. The van der Waals surface area contributed by atoms with E-state index in [0.717, 1.165) is 5.56 Å². The van der Waals surface area contributed by atoms with Crippen LogP contribution in [0.25, 0.3) is 0 Å². The van der Waals surface area contributed by atoms with Crippen molar-refractivity contribution >= 4 is 18.1 Å². The lowest BCUT2D eigenvalue weighted by atomic mass is 10.0. The van der Waals surface area contributed by atoms with Crippen LogP contribution in [0.4, 0.5) is 9.59 Å². The van der Waals surface area contributed by atoms with Gasteiger partial charge in [0.25, 0.3) is 5.91 Å². The van der Waals surface area contributed by atoms with E-state index in [9.17, 15) is 14.4 Å². The SMILES string of the molecule is COCCCOc1cc(C(=O)N(CC2CN(C(=O)OC(C)(C)C)CC2OC(=O)NCc2ccccc2)C(C)C)ccc1OC. The number of methoxy groups -OCH3 is 2. The minimum Gasteiger partial charge on any atom is -0.493 e. The van der Waals surface area contributed by atoms with Crippen LogP contribution in [0.3, 0.4) is 0 Å². The number of alkyl carbamates (subject to hydrolysis) is 1. The molecule has 2 aromatic rings. The molecule has 44 heavy (non-hydrogen) atoms. The number of nitrogens with one attached hydrogen (secondary N) is 1. The maximum absolute atomic E-state index is 13.9. The highest BCUT2D eigenvalue weighted by Crippen LogP contribution is 2.30. The molecular formula is C33H47N3O8. The highest BCUT2D eigenvalue weighted by Gasteiger charge is 2.41. The van der Waals surface area contributed by atoms with Crippen molar-refractivity contribution in [3.8, 4) is 11.5 Å². The second-order valence-electron chi connectivity index (χ2n) is 12.0. The summed E-state index contributed by atoms with van der Waals surface area (Å²) in [6, 6.07) is 14.4. The summed E-state index contributed by atoms with van der Waals surface area (Å²) in [5, 5.41) is 2.79. The van der Waals surface area contributed by atoms with E-state index >= 15 is 0 Å². The summed E-state index contributed by atoms with van der Waals surface area (Å²) in [5.74, 6) is 0.423. The van der Waals surface area contributed by atoms with Gasteiger partial charge in [-0.05, 0) is 58.4 Å². The predicted molar refractivity (Wildman–Crippen MR) is 166 cm³/mol. The van der Waals surface area contributed by atoms with Crippen molar-refractivity contribution in [3.63, 3.8) is 0 Å². The van der Waals surface area contributed by atoms with Gasteiger partial charge in [0.05, 0.1) is 20.3 Å². The molecule has 3 amide bonds. The van der Waals surface area contributed by atoms with Gasteiger partial charge in [0.2, 0.25) is 0 Å². The van der Waals surface area contributed by atoms with Crippen molar-refractivity contribution in [1.29, 1.82) is 0 Å². The Kier molecular flexibility index (Phi) is 12.7. The number of amides is 3. The van der Waals surface area contributed by atoms with E-state index in [1.165, 1.54) is 4.90 Å². The van der Waals surface area contributed by atoms with Crippen LogP contribution in [-0.4, -0.2) is 92.7 Å². The molecule has 0 spiro atoms. The molecule has 1 aliphatic rings. The van der Waals surface area contributed by atoms with Crippen LogP contribution in [0.1, 0.15) is 57.0 Å². The fourth-order valence-corrected chi connectivity index (χ4v) is 4.83. The Balaban J connectivity index is 1.78. The number of rotatable bonds is 13. The number of benzene rings is 2. The zero-order chi connectivity index (χ0) is 32.3. The summed E-state index contributed by atoms with van der Waals surface area (Å²) in [5.41, 5.74) is 0.679. The van der Waals surface area contributed by atoms with E-state index < -0.39 is 23.9 Å². The molecular weight excluding hydrogens is 566 g/mol. The lowest BCUT2D eigenvalue weighted by Crippen LogP contribution is -2.44. The molecule has 1 aliphatic heterocycles. The largest absolute Gasteiger partial charge is 0.493 e. The van der Waals surface area contributed by atoms with Crippen molar-refractivity contribution in [2.75, 3.05) is 47.1 Å². The number of ether oxygens (including phenoxy) is 5. The average Bonchev–Trinajstić information content (AvgIpc) is 3.38. The standard InChI is InChI=1S/C33H47N3O8/c1-23(2)36(30(37)25-14-15-27(41-7)28(18-25)42-17-11-16-40-6)21-26-20-35(32(39)44-33(3,4)5)22-29(26)43-31(38)34-19-24-12-9-8-10-13-24/h8-10,12-15,18,23,26,29H,11,16-17,19-22H2,1-7H3,(H,34,38). The highest BCUT2D eigenvalue weighted by atomic mass is 16.6. The zero-order valence-electron chi connectivity index (χ0n) is 27.0. The molecule has 3 rings (SSSR count). The van der Waals surface area contributed by atoms with Gasteiger partial charge in [-0.2, -0.15) is 0 Å². The monoisotopic (exact) mass is 613 g/mol. The van der Waals surface area contributed by atoms with E-state index in [2.05, 4.69) is 5.32 Å². The third kappa shape index (κ3) is 10.3. The summed E-state index contributed by atoms with van der Waals surface area (Å²) >= 11 is 0. The second-order valence-corrected chi connectivity index (χ2v) is 12.0. The molecule has 0 aliphatic carbocycles. The van der Waals surface area contributed by atoms with Gasteiger partial charge in [-0.15, -0.1) is 0 Å². The van der Waals surface area contributed by atoms with Crippen molar-refractivity contribution in [3.05, 3.63) is 59.7 Å². The van der Waals surface area contributed by atoms with E-state index in [0.29, 0.717) is 43.2 Å². The topological polar surface area (TPSA) is 116 Å². The Labute approximate surface area is 260 Å². The molecule has 0 aromatic heterocycles. The van der Waals surface area contributed by atoms with E-state index in [-0.39, 0.29) is 37.5 Å². The van der Waals surface area contributed by atoms with E-state index in [4.69, 9.17) is 23.7 Å². The Hall–Kier alpha value is -3.99. The van der Waals surface area contributed by atoms with E-state index in [1.54, 1.807) is 58.1 Å². The van der Waals surface area contributed by atoms with Gasteiger partial charge in [0, 0.05) is 57.3 Å². The first-order chi connectivity index (χ1) is 20.9. The molecule has 2 atom stereocenters. The van der Waals surface area contributed by atoms with Crippen LogP contribution < -0.4 is 14.8 Å². The van der Waals surface area contributed by atoms with Gasteiger partial charge in [-0.25, -0.2) is 9.59 Å². The Morgan fingerprint density at radius 2 is 1.73 bits per heavy atom. The number of nitrogens with zero attached hydrogens (tertiary/aromatic N) is 2.